The van der Waals surface area contributed by atoms with Gasteiger partial charge in [-0.2, -0.15) is 0 Å². The Hall–Kier alpha value is -2.19. The summed E-state index contributed by atoms with van der Waals surface area (Å²) in [4.78, 5) is 24.1. The molecule has 0 bridgehead atoms. The number of benzene rings is 1. The summed E-state index contributed by atoms with van der Waals surface area (Å²) in [5.74, 6) is -0.454. The fourth-order valence-electron chi connectivity index (χ4n) is 1.01. The van der Waals surface area contributed by atoms with Crippen LogP contribution in [0.5, 0.6) is 0 Å². The van der Waals surface area contributed by atoms with Crippen LogP contribution >= 0.6 is 0 Å². The predicted molar refractivity (Wildman–Crippen MR) is 59.4 cm³/mol. The first-order valence-corrected chi connectivity index (χ1v) is 4.76. The molecule has 0 spiro atoms. The maximum atomic E-state index is 11.1. The van der Waals surface area contributed by atoms with E-state index in [4.69, 9.17) is 4.74 Å². The number of carbonyl (C=O) groups excluding carboxylic acids is 2. The molecule has 0 fully saturated rings. The molecular weight excluding hydrogens is 206 g/mol. The number of aliphatic imine (C=N–C) groups is 1. The van der Waals surface area contributed by atoms with Crippen LogP contribution < -0.4 is 0 Å². The normalized spacial score (nSPS) is 9.75. The smallest absolute Gasteiger partial charge is 0.330 e. The van der Waals surface area contributed by atoms with Crippen molar-refractivity contribution in [3.8, 4) is 0 Å². The molecule has 0 aromatic heterocycles. The number of isocyanates is 1. The van der Waals surface area contributed by atoms with E-state index in [2.05, 4.69) is 4.99 Å². The highest BCUT2D eigenvalue weighted by atomic mass is 16.5. The van der Waals surface area contributed by atoms with Crippen molar-refractivity contribution in [2.75, 3.05) is 13.2 Å². The summed E-state index contributed by atoms with van der Waals surface area (Å²) in [6, 6.07) is 9.40. The van der Waals surface area contributed by atoms with Crippen molar-refractivity contribution in [1.29, 1.82) is 0 Å². The number of esters is 1. The minimum Gasteiger partial charge on any atom is -0.461 e. The van der Waals surface area contributed by atoms with Crippen LogP contribution in [0.2, 0.25) is 0 Å². The van der Waals surface area contributed by atoms with E-state index in [0.29, 0.717) is 0 Å². The third-order valence-corrected chi connectivity index (χ3v) is 1.72. The largest absolute Gasteiger partial charge is 0.461 e. The fourth-order valence-corrected chi connectivity index (χ4v) is 1.01. The zero-order valence-corrected chi connectivity index (χ0v) is 8.63. The maximum Gasteiger partial charge on any atom is 0.330 e. The lowest BCUT2D eigenvalue weighted by molar-refractivity contribution is -0.137. The van der Waals surface area contributed by atoms with Crippen molar-refractivity contribution >= 4 is 18.1 Å². The van der Waals surface area contributed by atoms with E-state index in [9.17, 15) is 9.59 Å². The second kappa shape index (κ2) is 7.15. The monoisotopic (exact) mass is 217 g/mol. The lowest BCUT2D eigenvalue weighted by Gasteiger charge is -1.97. The Balaban J connectivity index is 2.34. The Morgan fingerprint density at radius 3 is 2.81 bits per heavy atom. The molecule has 16 heavy (non-hydrogen) atoms. The SMILES string of the molecule is O=C=NCCOC(=O)C=Cc1ccccc1. The van der Waals surface area contributed by atoms with E-state index in [1.54, 1.807) is 6.08 Å². The van der Waals surface area contributed by atoms with Crippen LogP contribution in [0.15, 0.2) is 41.4 Å². The summed E-state index contributed by atoms with van der Waals surface area (Å²) in [5.41, 5.74) is 0.922. The van der Waals surface area contributed by atoms with Crippen LogP contribution in [0, 0.1) is 0 Å². The molecule has 0 N–H and O–H groups in total. The molecule has 1 rings (SSSR count). The highest BCUT2D eigenvalue weighted by Crippen LogP contribution is 2.00. The molecule has 0 radical (unpaired) electrons. The number of rotatable bonds is 5. The molecule has 82 valence electrons. The van der Waals surface area contributed by atoms with Crippen molar-refractivity contribution in [1.82, 2.24) is 0 Å². The van der Waals surface area contributed by atoms with Gasteiger partial charge in [0.15, 0.2) is 0 Å². The van der Waals surface area contributed by atoms with Crippen molar-refractivity contribution in [3.05, 3.63) is 42.0 Å². The third-order valence-electron chi connectivity index (χ3n) is 1.72. The summed E-state index contributed by atoms with van der Waals surface area (Å²) in [7, 11) is 0. The molecule has 0 aliphatic heterocycles. The van der Waals surface area contributed by atoms with Crippen molar-refractivity contribution in [3.63, 3.8) is 0 Å². The molecule has 0 aliphatic rings. The van der Waals surface area contributed by atoms with E-state index < -0.39 is 5.97 Å². The van der Waals surface area contributed by atoms with Gasteiger partial charge in [0.25, 0.3) is 0 Å². The third kappa shape index (κ3) is 4.88. The molecule has 1 aromatic carbocycles. The second-order valence-electron chi connectivity index (χ2n) is 2.88. The lowest BCUT2D eigenvalue weighted by Crippen LogP contribution is -2.04. The summed E-state index contributed by atoms with van der Waals surface area (Å²) in [5, 5.41) is 0. The molecule has 0 saturated carbocycles. The van der Waals surface area contributed by atoms with Crippen LogP contribution in [-0.2, 0) is 14.3 Å². The molecule has 4 heteroatoms. The molecule has 0 heterocycles. The van der Waals surface area contributed by atoms with Crippen LogP contribution in [0.1, 0.15) is 5.56 Å². The van der Waals surface area contributed by atoms with Crippen molar-refractivity contribution in [2.45, 2.75) is 0 Å². The van der Waals surface area contributed by atoms with E-state index in [-0.39, 0.29) is 13.2 Å². The van der Waals surface area contributed by atoms with Crippen LogP contribution in [0.4, 0.5) is 0 Å². The highest BCUT2D eigenvalue weighted by Gasteiger charge is 1.95. The number of nitrogens with zero attached hydrogens (tertiary/aromatic N) is 1. The van der Waals surface area contributed by atoms with Gasteiger partial charge in [-0.3, -0.25) is 0 Å². The second-order valence-corrected chi connectivity index (χ2v) is 2.88. The zero-order valence-electron chi connectivity index (χ0n) is 8.63. The Labute approximate surface area is 93.3 Å². The number of hydrogen-bond acceptors (Lipinski definition) is 4. The molecule has 0 saturated heterocycles. The van der Waals surface area contributed by atoms with Gasteiger partial charge < -0.3 is 4.74 Å². The lowest BCUT2D eigenvalue weighted by atomic mass is 10.2. The van der Waals surface area contributed by atoms with Gasteiger partial charge in [0.2, 0.25) is 6.08 Å². The minimum atomic E-state index is -0.454. The Morgan fingerprint density at radius 2 is 2.12 bits per heavy atom. The quantitative estimate of drug-likeness (QED) is 0.247. The van der Waals surface area contributed by atoms with Gasteiger partial charge in [-0.15, -0.1) is 0 Å². The summed E-state index contributed by atoms with van der Waals surface area (Å²) in [6.45, 7) is 0.238. The maximum absolute atomic E-state index is 11.1. The fraction of sp³-hybridized carbons (Fsp3) is 0.167. The number of ether oxygens (including phenoxy) is 1. The van der Waals surface area contributed by atoms with Crippen molar-refractivity contribution < 1.29 is 14.3 Å². The first-order valence-electron chi connectivity index (χ1n) is 4.76. The first-order chi connectivity index (χ1) is 7.83. The van der Waals surface area contributed by atoms with E-state index in [1.807, 2.05) is 30.3 Å². The van der Waals surface area contributed by atoms with Gasteiger partial charge in [0.1, 0.15) is 6.61 Å². The van der Waals surface area contributed by atoms with Crippen molar-refractivity contribution in [2.24, 2.45) is 4.99 Å². The predicted octanol–water partition coefficient (Wildman–Crippen LogP) is 1.58. The van der Waals surface area contributed by atoms with Crippen LogP contribution in [0.25, 0.3) is 6.08 Å². The highest BCUT2D eigenvalue weighted by molar-refractivity contribution is 5.87. The molecule has 4 nitrogen and oxygen atoms in total. The zero-order chi connectivity index (χ0) is 11.6. The Morgan fingerprint density at radius 1 is 1.38 bits per heavy atom. The molecule has 0 atom stereocenters. The average molecular weight is 217 g/mol. The van der Waals surface area contributed by atoms with Gasteiger partial charge in [-0.05, 0) is 11.6 Å². The van der Waals surface area contributed by atoms with E-state index >= 15 is 0 Å². The standard InChI is InChI=1S/C12H11NO3/c14-10-13-8-9-16-12(15)7-6-11-4-2-1-3-5-11/h1-7H,8-9H2. The average Bonchev–Trinajstić information content (AvgIpc) is 2.33. The molecule has 0 unspecified atom stereocenters. The van der Waals surface area contributed by atoms with Gasteiger partial charge in [-0.25, -0.2) is 14.6 Å². The summed E-state index contributed by atoms with van der Waals surface area (Å²) in [6.07, 6.45) is 4.36. The topological polar surface area (TPSA) is 55.7 Å². The number of hydrogen-bond donors (Lipinski definition) is 0. The molecular formula is C12H11NO3. The summed E-state index contributed by atoms with van der Waals surface area (Å²) < 4.78 is 4.77. The van der Waals surface area contributed by atoms with Gasteiger partial charge in [0, 0.05) is 6.08 Å². The number of carbonyl (C=O) groups is 1. The van der Waals surface area contributed by atoms with Crippen LogP contribution in [-0.4, -0.2) is 25.2 Å². The van der Waals surface area contributed by atoms with Gasteiger partial charge in [-0.1, -0.05) is 30.3 Å². The molecule has 0 amide bonds. The molecule has 1 aromatic rings. The first kappa shape index (κ1) is 11.9. The Kier molecular flexibility index (Phi) is 5.31. The van der Waals surface area contributed by atoms with Gasteiger partial charge >= 0.3 is 5.97 Å². The van der Waals surface area contributed by atoms with Crippen LogP contribution in [0.3, 0.4) is 0 Å². The minimum absolute atomic E-state index is 0.0905. The van der Waals surface area contributed by atoms with Gasteiger partial charge in [0.05, 0.1) is 6.54 Å². The van der Waals surface area contributed by atoms with E-state index in [0.717, 1.165) is 5.56 Å². The van der Waals surface area contributed by atoms with E-state index in [1.165, 1.54) is 12.2 Å². The Bertz CT molecular complexity index is 406. The molecule has 0 aliphatic carbocycles. The summed E-state index contributed by atoms with van der Waals surface area (Å²) >= 11 is 0.